The lowest BCUT2D eigenvalue weighted by Gasteiger charge is -2.32. The summed E-state index contributed by atoms with van der Waals surface area (Å²) in [7, 11) is 0. The maximum Gasteiger partial charge on any atom is 0.254 e. The predicted molar refractivity (Wildman–Crippen MR) is 136 cm³/mol. The molecule has 0 bridgehead atoms. The largest absolute Gasteiger partial charge is 0.356 e. The average Bonchev–Trinajstić information content (AvgIpc) is 3.57. The van der Waals surface area contributed by atoms with Crippen LogP contribution in [0, 0.1) is 17.2 Å². The maximum atomic E-state index is 13.7. The number of carbonyl (C=O) groups excluding carboxylic acids is 2. The first-order valence-electron chi connectivity index (χ1n) is 13.1. The number of amides is 2. The summed E-state index contributed by atoms with van der Waals surface area (Å²) in [6.07, 6.45) is 5.56. The molecule has 1 saturated carbocycles. The van der Waals surface area contributed by atoms with E-state index in [1.54, 1.807) is 24.3 Å². The summed E-state index contributed by atoms with van der Waals surface area (Å²) in [6, 6.07) is 18.5. The Kier molecular flexibility index (Phi) is 7.59. The van der Waals surface area contributed by atoms with Gasteiger partial charge in [0.2, 0.25) is 11.8 Å². The van der Waals surface area contributed by atoms with Gasteiger partial charge in [-0.2, -0.15) is 10.2 Å². The third kappa shape index (κ3) is 5.72. The normalized spacial score (nSPS) is 22.4. The van der Waals surface area contributed by atoms with Crippen LogP contribution in [0.1, 0.15) is 77.6 Å². The van der Waals surface area contributed by atoms with Gasteiger partial charge in [-0.25, -0.2) is 0 Å². The van der Waals surface area contributed by atoms with E-state index in [1.165, 1.54) is 0 Å². The third-order valence-corrected chi connectivity index (χ3v) is 7.45. The summed E-state index contributed by atoms with van der Waals surface area (Å²) in [5, 5.41) is 16.4. The van der Waals surface area contributed by atoms with Crippen molar-refractivity contribution in [3.63, 3.8) is 0 Å². The number of nitriles is 1. The molecule has 2 fully saturated rings. The van der Waals surface area contributed by atoms with Crippen LogP contribution in [0.2, 0.25) is 0 Å². The molecule has 1 saturated heterocycles. The van der Waals surface area contributed by atoms with Crippen LogP contribution in [-0.4, -0.2) is 46.0 Å². The van der Waals surface area contributed by atoms with Gasteiger partial charge in [-0.15, -0.1) is 0 Å². The van der Waals surface area contributed by atoms with Crippen molar-refractivity contribution in [2.45, 2.75) is 56.9 Å². The summed E-state index contributed by atoms with van der Waals surface area (Å²) in [4.78, 5) is 33.5. The van der Waals surface area contributed by atoms with Crippen LogP contribution in [0.15, 0.2) is 59.1 Å². The minimum absolute atomic E-state index is 0.0175. The quantitative estimate of drug-likeness (QED) is 0.577. The second-order valence-electron chi connectivity index (χ2n) is 9.95. The van der Waals surface area contributed by atoms with Crippen molar-refractivity contribution in [3.05, 3.63) is 83.0 Å². The Bertz CT molecular complexity index is 1260. The first-order chi connectivity index (χ1) is 18.1. The lowest BCUT2D eigenvalue weighted by atomic mass is 9.99. The number of hydrogen-bond acceptors (Lipinski definition) is 6. The number of nitrogens with one attached hydrogen (secondary N) is 1. The van der Waals surface area contributed by atoms with Gasteiger partial charge in [0, 0.05) is 37.0 Å². The van der Waals surface area contributed by atoms with Gasteiger partial charge in [0.05, 0.1) is 17.6 Å². The van der Waals surface area contributed by atoms with Crippen LogP contribution in [0.5, 0.6) is 0 Å². The fraction of sp³-hybridized carbons (Fsp3) is 0.414. The number of hydrogen-bond donors (Lipinski definition) is 1. The van der Waals surface area contributed by atoms with Crippen LogP contribution in [-0.2, 0) is 11.2 Å². The Morgan fingerprint density at radius 2 is 1.84 bits per heavy atom. The van der Waals surface area contributed by atoms with Gasteiger partial charge in [-0.05, 0) is 55.5 Å². The Morgan fingerprint density at radius 1 is 1.05 bits per heavy atom. The van der Waals surface area contributed by atoms with E-state index >= 15 is 0 Å². The summed E-state index contributed by atoms with van der Waals surface area (Å²) < 4.78 is 5.67. The molecule has 1 aromatic heterocycles. The molecule has 2 amide bonds. The molecule has 5 rings (SSSR count). The van der Waals surface area contributed by atoms with E-state index in [0.717, 1.165) is 31.2 Å². The molecule has 2 aromatic carbocycles. The fourth-order valence-electron chi connectivity index (χ4n) is 5.50. The molecule has 0 radical (unpaired) electrons. The Hall–Kier alpha value is -3.99. The van der Waals surface area contributed by atoms with Crippen LogP contribution in [0.25, 0.3) is 0 Å². The highest BCUT2D eigenvalue weighted by atomic mass is 16.5. The van der Waals surface area contributed by atoms with Crippen molar-refractivity contribution in [2.24, 2.45) is 5.92 Å². The van der Waals surface area contributed by atoms with E-state index in [4.69, 9.17) is 9.78 Å². The van der Waals surface area contributed by atoms with Crippen LogP contribution < -0.4 is 5.32 Å². The monoisotopic (exact) mass is 497 g/mol. The van der Waals surface area contributed by atoms with Crippen LogP contribution in [0.4, 0.5) is 0 Å². The number of benzene rings is 2. The van der Waals surface area contributed by atoms with E-state index in [-0.39, 0.29) is 29.7 Å². The highest BCUT2D eigenvalue weighted by Crippen LogP contribution is 2.41. The Labute approximate surface area is 216 Å². The first-order valence-corrected chi connectivity index (χ1v) is 13.1. The highest BCUT2D eigenvalue weighted by Gasteiger charge is 2.45. The van der Waals surface area contributed by atoms with Gasteiger partial charge in [0.1, 0.15) is 0 Å². The zero-order chi connectivity index (χ0) is 25.6. The van der Waals surface area contributed by atoms with Gasteiger partial charge in [0.25, 0.3) is 5.91 Å². The SMILES string of the molecule is N#Cc1ccc(C(=O)N2CCCCCCNC(=O)[C@@H]3C[C@@H](c4nc(Cc5ccccc5)no4)C[C@@H]32)cc1. The van der Waals surface area contributed by atoms with E-state index in [0.29, 0.717) is 55.2 Å². The van der Waals surface area contributed by atoms with Gasteiger partial charge in [-0.3, -0.25) is 9.59 Å². The third-order valence-electron chi connectivity index (χ3n) is 7.45. The molecule has 1 N–H and O–H groups in total. The smallest absolute Gasteiger partial charge is 0.254 e. The molecule has 190 valence electrons. The van der Waals surface area contributed by atoms with E-state index < -0.39 is 0 Å². The summed E-state index contributed by atoms with van der Waals surface area (Å²) in [5.74, 6) is 0.570. The predicted octanol–water partition coefficient (Wildman–Crippen LogP) is 4.23. The number of fused-ring (bicyclic) bond motifs is 1. The highest BCUT2D eigenvalue weighted by molar-refractivity contribution is 5.95. The lowest BCUT2D eigenvalue weighted by molar-refractivity contribution is -0.126. The fourth-order valence-corrected chi connectivity index (χ4v) is 5.50. The molecule has 3 atom stereocenters. The first kappa shape index (κ1) is 24.7. The summed E-state index contributed by atoms with van der Waals surface area (Å²) >= 11 is 0. The molecule has 3 aromatic rings. The molecule has 0 spiro atoms. The minimum Gasteiger partial charge on any atom is -0.356 e. The van der Waals surface area contributed by atoms with E-state index in [9.17, 15) is 9.59 Å². The van der Waals surface area contributed by atoms with E-state index in [1.807, 2.05) is 35.2 Å². The second kappa shape index (κ2) is 11.4. The molecule has 8 heteroatoms. The number of aromatic nitrogens is 2. The standard InChI is InChI=1S/C29H31N5O3/c30-19-21-10-12-22(13-11-21)29(36)34-15-7-2-1-6-14-31-27(35)24-17-23(18-25(24)34)28-32-26(33-37-28)16-20-8-4-3-5-9-20/h3-5,8-13,23-25H,1-2,6-7,14-18H2,(H,31,35)/t23-,24-,25+/m1/s1. The van der Waals surface area contributed by atoms with Gasteiger partial charge in [0.15, 0.2) is 5.82 Å². The molecule has 37 heavy (non-hydrogen) atoms. The van der Waals surface area contributed by atoms with Crippen molar-refractivity contribution >= 4 is 11.8 Å². The van der Waals surface area contributed by atoms with Crippen molar-refractivity contribution < 1.29 is 14.1 Å². The number of rotatable bonds is 4. The summed E-state index contributed by atoms with van der Waals surface area (Å²) in [5.41, 5.74) is 2.14. The molecular weight excluding hydrogens is 466 g/mol. The lowest BCUT2D eigenvalue weighted by Crippen LogP contribution is -2.47. The molecule has 0 unspecified atom stereocenters. The molecular formula is C29H31N5O3. The van der Waals surface area contributed by atoms with Gasteiger partial charge >= 0.3 is 0 Å². The van der Waals surface area contributed by atoms with Crippen LogP contribution in [0.3, 0.4) is 0 Å². The molecule has 8 nitrogen and oxygen atoms in total. The van der Waals surface area contributed by atoms with Crippen molar-refractivity contribution in [1.82, 2.24) is 20.4 Å². The molecule has 2 heterocycles. The average molecular weight is 498 g/mol. The molecule has 2 aliphatic rings. The van der Waals surface area contributed by atoms with Crippen molar-refractivity contribution in [3.8, 4) is 6.07 Å². The van der Waals surface area contributed by atoms with Gasteiger partial charge in [-0.1, -0.05) is 48.3 Å². The molecule has 1 aliphatic carbocycles. The van der Waals surface area contributed by atoms with Crippen LogP contribution >= 0.6 is 0 Å². The molecule has 1 aliphatic heterocycles. The summed E-state index contributed by atoms with van der Waals surface area (Å²) in [6.45, 7) is 1.24. The number of carbonyl (C=O) groups is 2. The Balaban J connectivity index is 1.40. The van der Waals surface area contributed by atoms with Gasteiger partial charge < -0.3 is 14.7 Å². The second-order valence-corrected chi connectivity index (χ2v) is 9.95. The Morgan fingerprint density at radius 3 is 2.62 bits per heavy atom. The minimum atomic E-state index is -0.352. The number of nitrogens with zero attached hydrogens (tertiary/aromatic N) is 4. The zero-order valence-corrected chi connectivity index (χ0v) is 20.8. The van der Waals surface area contributed by atoms with Crippen molar-refractivity contribution in [2.75, 3.05) is 13.1 Å². The van der Waals surface area contributed by atoms with E-state index in [2.05, 4.69) is 21.5 Å². The van der Waals surface area contributed by atoms with Crippen molar-refractivity contribution in [1.29, 1.82) is 5.26 Å². The topological polar surface area (TPSA) is 112 Å². The zero-order valence-electron chi connectivity index (χ0n) is 20.8. The maximum absolute atomic E-state index is 13.7.